The van der Waals surface area contributed by atoms with Crippen LogP contribution < -0.4 is 9.47 Å². The quantitative estimate of drug-likeness (QED) is 0.791. The predicted molar refractivity (Wildman–Crippen MR) is 72.8 cm³/mol. The first-order valence-corrected chi connectivity index (χ1v) is 6.98. The van der Waals surface area contributed by atoms with Crippen LogP contribution in [0.25, 0.3) is 0 Å². The maximum atomic E-state index is 14.3. The minimum absolute atomic E-state index is 0.217. The highest BCUT2D eigenvalue weighted by atomic mass is 19.1. The monoisotopic (exact) mass is 281 g/mol. The largest absolute Gasteiger partial charge is 0.491 e. The number of hydrogen-bond acceptors (Lipinski definition) is 4. The van der Waals surface area contributed by atoms with Crippen LogP contribution in [0, 0.1) is 5.82 Å². The van der Waals surface area contributed by atoms with Gasteiger partial charge < -0.3 is 19.1 Å². The summed E-state index contributed by atoms with van der Waals surface area (Å²) in [7, 11) is 3.68. The number of halogens is 1. The van der Waals surface area contributed by atoms with E-state index in [1.807, 2.05) is 0 Å². The molecule has 3 rings (SSSR count). The molecule has 0 saturated carbocycles. The van der Waals surface area contributed by atoms with E-state index in [4.69, 9.17) is 14.2 Å². The van der Waals surface area contributed by atoms with Gasteiger partial charge in [0.2, 0.25) is 0 Å². The Bertz CT molecular complexity index is 481. The summed E-state index contributed by atoms with van der Waals surface area (Å²) >= 11 is 0. The molecule has 0 amide bonds. The SMILES string of the molecule is COCCOc1cc(F)c2c(c1)OC21CCN(C)CC1. The lowest BCUT2D eigenvalue weighted by atomic mass is 9.79. The first-order valence-electron chi connectivity index (χ1n) is 6.98. The fraction of sp³-hybridized carbons (Fsp3) is 0.600. The molecule has 1 fully saturated rings. The number of nitrogens with zero attached hydrogens (tertiary/aromatic N) is 1. The summed E-state index contributed by atoms with van der Waals surface area (Å²) in [5.41, 5.74) is 0.321. The molecule has 0 N–H and O–H groups in total. The van der Waals surface area contributed by atoms with Gasteiger partial charge in [0.1, 0.15) is 29.5 Å². The van der Waals surface area contributed by atoms with Crippen LogP contribution >= 0.6 is 0 Å². The van der Waals surface area contributed by atoms with E-state index in [0.717, 1.165) is 31.5 Å². The fourth-order valence-electron chi connectivity index (χ4n) is 2.95. The summed E-state index contributed by atoms with van der Waals surface area (Å²) in [4.78, 5) is 2.24. The van der Waals surface area contributed by atoms with Crippen LogP contribution in [0.15, 0.2) is 12.1 Å². The number of methoxy groups -OCH3 is 1. The van der Waals surface area contributed by atoms with E-state index in [1.54, 1.807) is 13.2 Å². The Labute approximate surface area is 118 Å². The molecular formula is C15H20FNO3. The number of benzene rings is 1. The summed E-state index contributed by atoms with van der Waals surface area (Å²) in [6.45, 7) is 2.76. The molecule has 2 aliphatic rings. The summed E-state index contributed by atoms with van der Waals surface area (Å²) in [6, 6.07) is 3.23. The normalized spacial score (nSPS) is 20.1. The zero-order valence-electron chi connectivity index (χ0n) is 11.9. The van der Waals surface area contributed by atoms with Crippen LogP contribution in [0.3, 0.4) is 0 Å². The van der Waals surface area contributed by atoms with Crippen molar-refractivity contribution < 1.29 is 18.6 Å². The van der Waals surface area contributed by atoms with E-state index in [2.05, 4.69) is 11.9 Å². The van der Waals surface area contributed by atoms with Crippen LogP contribution in [0.2, 0.25) is 0 Å². The molecule has 20 heavy (non-hydrogen) atoms. The molecule has 0 aliphatic carbocycles. The molecule has 5 heteroatoms. The van der Waals surface area contributed by atoms with Crippen molar-refractivity contribution in [1.82, 2.24) is 4.90 Å². The summed E-state index contributed by atoms with van der Waals surface area (Å²) < 4.78 is 30.6. The second kappa shape index (κ2) is 5.22. The van der Waals surface area contributed by atoms with Gasteiger partial charge in [0, 0.05) is 45.2 Å². The Morgan fingerprint density at radius 3 is 2.70 bits per heavy atom. The van der Waals surface area contributed by atoms with Crippen molar-refractivity contribution >= 4 is 0 Å². The Morgan fingerprint density at radius 2 is 2.05 bits per heavy atom. The highest BCUT2D eigenvalue weighted by Crippen LogP contribution is 2.52. The van der Waals surface area contributed by atoms with Gasteiger partial charge in [0.15, 0.2) is 0 Å². The zero-order chi connectivity index (χ0) is 14.2. The molecule has 4 nitrogen and oxygen atoms in total. The third kappa shape index (κ3) is 2.25. The Hall–Kier alpha value is -1.33. The molecule has 1 spiro atoms. The molecule has 0 atom stereocenters. The topological polar surface area (TPSA) is 30.9 Å². The lowest BCUT2D eigenvalue weighted by molar-refractivity contribution is -0.0425. The summed E-state index contributed by atoms with van der Waals surface area (Å²) in [5, 5.41) is 0. The third-order valence-electron chi connectivity index (χ3n) is 4.14. The highest BCUT2D eigenvalue weighted by molar-refractivity contribution is 5.51. The van der Waals surface area contributed by atoms with Crippen LogP contribution in [-0.4, -0.2) is 45.4 Å². The second-order valence-electron chi connectivity index (χ2n) is 5.52. The van der Waals surface area contributed by atoms with E-state index >= 15 is 0 Å². The predicted octanol–water partition coefficient (Wildman–Crippen LogP) is 2.16. The lowest BCUT2D eigenvalue weighted by Crippen LogP contribution is -2.50. The number of fused-ring (bicyclic) bond motifs is 2. The number of ether oxygens (including phenoxy) is 3. The van der Waals surface area contributed by atoms with Gasteiger partial charge in [-0.25, -0.2) is 4.39 Å². The standard InChI is InChI=1S/C15H20FNO3/c1-17-5-3-15(4-6-17)14-12(16)9-11(10-13(14)20-15)19-8-7-18-2/h9-10H,3-8H2,1-2H3. The van der Waals surface area contributed by atoms with Gasteiger partial charge in [0.25, 0.3) is 0 Å². The van der Waals surface area contributed by atoms with E-state index < -0.39 is 5.60 Å². The number of hydrogen-bond donors (Lipinski definition) is 0. The first kappa shape index (κ1) is 13.6. The molecule has 1 aromatic carbocycles. The van der Waals surface area contributed by atoms with Crippen molar-refractivity contribution in [1.29, 1.82) is 0 Å². The maximum Gasteiger partial charge on any atom is 0.143 e. The first-order chi connectivity index (χ1) is 9.64. The minimum Gasteiger partial charge on any atom is -0.491 e. The van der Waals surface area contributed by atoms with Crippen LogP contribution in [-0.2, 0) is 10.3 Å². The molecule has 2 aliphatic heterocycles. The number of piperidine rings is 1. The number of rotatable bonds is 4. The van der Waals surface area contributed by atoms with E-state index in [0.29, 0.717) is 24.7 Å². The van der Waals surface area contributed by atoms with Crippen LogP contribution in [0.4, 0.5) is 4.39 Å². The summed E-state index contributed by atoms with van der Waals surface area (Å²) in [5.74, 6) is 0.911. The van der Waals surface area contributed by atoms with Crippen molar-refractivity contribution in [3.8, 4) is 11.5 Å². The van der Waals surface area contributed by atoms with Gasteiger partial charge in [-0.1, -0.05) is 0 Å². The molecule has 0 bridgehead atoms. The van der Waals surface area contributed by atoms with E-state index in [-0.39, 0.29) is 5.82 Å². The molecule has 1 saturated heterocycles. The van der Waals surface area contributed by atoms with Crippen LogP contribution in [0.5, 0.6) is 11.5 Å². The average Bonchev–Trinajstić information content (AvgIpc) is 2.39. The number of likely N-dealkylation sites (tertiary alicyclic amines) is 1. The smallest absolute Gasteiger partial charge is 0.143 e. The Balaban J connectivity index is 1.76. The van der Waals surface area contributed by atoms with Gasteiger partial charge in [-0.2, -0.15) is 0 Å². The Kier molecular flexibility index (Phi) is 3.56. The van der Waals surface area contributed by atoms with Crippen molar-refractivity contribution in [2.45, 2.75) is 18.4 Å². The van der Waals surface area contributed by atoms with E-state index in [9.17, 15) is 4.39 Å². The zero-order valence-corrected chi connectivity index (χ0v) is 11.9. The average molecular weight is 281 g/mol. The molecule has 0 unspecified atom stereocenters. The van der Waals surface area contributed by atoms with Crippen molar-refractivity contribution in [3.05, 3.63) is 23.5 Å². The molecule has 1 aromatic rings. The summed E-state index contributed by atoms with van der Waals surface area (Å²) in [6.07, 6.45) is 1.69. The van der Waals surface area contributed by atoms with Crippen molar-refractivity contribution in [2.24, 2.45) is 0 Å². The van der Waals surface area contributed by atoms with Gasteiger partial charge in [-0.3, -0.25) is 0 Å². The maximum absolute atomic E-state index is 14.3. The Morgan fingerprint density at radius 1 is 1.30 bits per heavy atom. The van der Waals surface area contributed by atoms with E-state index in [1.165, 1.54) is 6.07 Å². The third-order valence-corrected chi connectivity index (χ3v) is 4.14. The van der Waals surface area contributed by atoms with Crippen LogP contribution in [0.1, 0.15) is 18.4 Å². The van der Waals surface area contributed by atoms with Crippen molar-refractivity contribution in [3.63, 3.8) is 0 Å². The molecule has 0 aromatic heterocycles. The molecule has 0 radical (unpaired) electrons. The molecule has 110 valence electrons. The van der Waals surface area contributed by atoms with Gasteiger partial charge in [-0.05, 0) is 7.05 Å². The van der Waals surface area contributed by atoms with Crippen molar-refractivity contribution in [2.75, 3.05) is 40.5 Å². The molecular weight excluding hydrogens is 261 g/mol. The lowest BCUT2D eigenvalue weighted by Gasteiger charge is -2.48. The minimum atomic E-state index is -0.406. The molecule has 2 heterocycles. The fourth-order valence-corrected chi connectivity index (χ4v) is 2.95. The van der Waals surface area contributed by atoms with Gasteiger partial charge >= 0.3 is 0 Å². The highest BCUT2D eigenvalue weighted by Gasteiger charge is 2.49. The van der Waals surface area contributed by atoms with Gasteiger partial charge in [-0.15, -0.1) is 0 Å². The second-order valence-corrected chi connectivity index (χ2v) is 5.52. The van der Waals surface area contributed by atoms with Gasteiger partial charge in [0.05, 0.1) is 12.2 Å².